The molecule has 1 saturated carbocycles. The molecule has 0 aromatic carbocycles. The average Bonchev–Trinajstić information content (AvgIpc) is 2.89. The molecular weight excluding hydrogens is 164 g/mol. The second-order valence-electron chi connectivity index (χ2n) is 3.28. The molecule has 0 aliphatic heterocycles. The number of nitrogens with one attached hydrogen (secondary N) is 2. The van der Waals surface area contributed by atoms with E-state index in [4.69, 9.17) is 0 Å². The molecule has 1 aliphatic carbocycles. The minimum Gasteiger partial charge on any atom is -0.344 e. The van der Waals surface area contributed by atoms with E-state index in [0.717, 1.165) is 12.5 Å². The van der Waals surface area contributed by atoms with Crippen LogP contribution >= 0.6 is 0 Å². The molecule has 0 aromatic rings. The smallest absolute Gasteiger partial charge is 0.234 e. The normalized spacial score (nSPS) is 14.5. The van der Waals surface area contributed by atoms with Crippen molar-refractivity contribution in [2.24, 2.45) is 5.92 Å². The molecule has 0 unspecified atom stereocenters. The third-order valence-electron chi connectivity index (χ3n) is 1.97. The molecule has 1 fully saturated rings. The lowest BCUT2D eigenvalue weighted by Gasteiger charge is -2.02. The number of rotatable bonds is 5. The fraction of sp³-hybridized carbons (Fsp3) is 0.700. The monoisotopic (exact) mass is 180 g/mol. The Labute approximate surface area is 79.3 Å². The van der Waals surface area contributed by atoms with Crippen molar-refractivity contribution in [3.05, 3.63) is 0 Å². The fourth-order valence-electron chi connectivity index (χ4n) is 1.01. The summed E-state index contributed by atoms with van der Waals surface area (Å²) in [5, 5.41) is 5.82. The van der Waals surface area contributed by atoms with Crippen molar-refractivity contribution < 1.29 is 4.79 Å². The van der Waals surface area contributed by atoms with Crippen LogP contribution in [0.2, 0.25) is 0 Å². The molecule has 3 heteroatoms. The number of carbonyl (C=O) groups is 1. The predicted octanol–water partition coefficient (Wildman–Crippen LogP) is 0.125. The lowest BCUT2D eigenvalue weighted by molar-refractivity contribution is -0.120. The van der Waals surface area contributed by atoms with E-state index in [9.17, 15) is 4.79 Å². The molecule has 0 bridgehead atoms. The third kappa shape index (κ3) is 5.26. The highest BCUT2D eigenvalue weighted by Gasteiger charge is 2.20. The summed E-state index contributed by atoms with van der Waals surface area (Å²) in [5.41, 5.74) is 0. The zero-order valence-electron chi connectivity index (χ0n) is 8.02. The Kier molecular flexibility index (Phi) is 4.34. The van der Waals surface area contributed by atoms with Gasteiger partial charge in [0.1, 0.15) is 0 Å². The van der Waals surface area contributed by atoms with E-state index in [1.165, 1.54) is 12.8 Å². The van der Waals surface area contributed by atoms with E-state index in [2.05, 4.69) is 22.5 Å². The molecule has 0 radical (unpaired) electrons. The van der Waals surface area contributed by atoms with Crippen LogP contribution < -0.4 is 10.6 Å². The topological polar surface area (TPSA) is 41.1 Å². The molecule has 0 heterocycles. The number of hydrogen-bond donors (Lipinski definition) is 2. The van der Waals surface area contributed by atoms with Crippen LogP contribution in [0.4, 0.5) is 0 Å². The van der Waals surface area contributed by atoms with Crippen LogP contribution in [0.25, 0.3) is 0 Å². The summed E-state index contributed by atoms with van der Waals surface area (Å²) in [6.07, 6.45) is 2.63. The van der Waals surface area contributed by atoms with Crippen molar-refractivity contribution in [1.29, 1.82) is 0 Å². The molecule has 72 valence electrons. The van der Waals surface area contributed by atoms with Gasteiger partial charge in [0.2, 0.25) is 5.91 Å². The Morgan fingerprint density at radius 3 is 2.92 bits per heavy atom. The van der Waals surface area contributed by atoms with Gasteiger partial charge in [-0.2, -0.15) is 0 Å². The van der Waals surface area contributed by atoms with Crippen LogP contribution in [-0.4, -0.2) is 25.5 Å². The maximum atomic E-state index is 11.1. The summed E-state index contributed by atoms with van der Waals surface area (Å²) >= 11 is 0. The molecule has 1 aliphatic rings. The molecule has 3 nitrogen and oxygen atoms in total. The number of amides is 1. The maximum absolute atomic E-state index is 11.1. The standard InChI is InChI=1S/C10H16N2O/c1-2-3-6-12-10(13)8-11-7-9-4-5-9/h9,11H,4-8H2,1H3,(H,12,13). The molecule has 2 N–H and O–H groups in total. The van der Waals surface area contributed by atoms with Crippen LogP contribution in [0.3, 0.4) is 0 Å². The van der Waals surface area contributed by atoms with Crippen LogP contribution in [-0.2, 0) is 4.79 Å². The van der Waals surface area contributed by atoms with Gasteiger partial charge in [0.05, 0.1) is 13.1 Å². The third-order valence-corrected chi connectivity index (χ3v) is 1.97. The molecule has 1 amide bonds. The minimum absolute atomic E-state index is 0.0309. The van der Waals surface area contributed by atoms with Crippen molar-refractivity contribution in [3.8, 4) is 11.8 Å². The first kappa shape index (κ1) is 10.1. The van der Waals surface area contributed by atoms with E-state index >= 15 is 0 Å². The Morgan fingerprint density at radius 1 is 1.54 bits per heavy atom. The number of carbonyl (C=O) groups excluding carboxylic acids is 1. The second-order valence-corrected chi connectivity index (χ2v) is 3.28. The summed E-state index contributed by atoms with van der Waals surface area (Å²) in [6, 6.07) is 0. The van der Waals surface area contributed by atoms with E-state index in [1.54, 1.807) is 6.92 Å². The Balaban J connectivity index is 1.92. The van der Waals surface area contributed by atoms with Crippen LogP contribution in [0, 0.1) is 17.8 Å². The molecular formula is C10H16N2O. The van der Waals surface area contributed by atoms with Gasteiger partial charge in [-0.25, -0.2) is 0 Å². The molecule has 0 atom stereocenters. The van der Waals surface area contributed by atoms with Gasteiger partial charge < -0.3 is 10.6 Å². The highest BCUT2D eigenvalue weighted by Crippen LogP contribution is 2.27. The Hall–Kier alpha value is -1.01. The predicted molar refractivity (Wildman–Crippen MR) is 52.1 cm³/mol. The van der Waals surface area contributed by atoms with Gasteiger partial charge in [-0.1, -0.05) is 5.92 Å². The van der Waals surface area contributed by atoms with Crippen molar-refractivity contribution in [1.82, 2.24) is 10.6 Å². The summed E-state index contributed by atoms with van der Waals surface area (Å²) < 4.78 is 0. The highest BCUT2D eigenvalue weighted by atomic mass is 16.1. The van der Waals surface area contributed by atoms with Gasteiger partial charge in [-0.15, -0.1) is 5.92 Å². The zero-order chi connectivity index (χ0) is 9.52. The zero-order valence-corrected chi connectivity index (χ0v) is 8.02. The SMILES string of the molecule is CC#CCNC(=O)CNCC1CC1. The van der Waals surface area contributed by atoms with Gasteiger partial charge in [0, 0.05) is 0 Å². The van der Waals surface area contributed by atoms with Gasteiger partial charge in [0.25, 0.3) is 0 Å². The van der Waals surface area contributed by atoms with Gasteiger partial charge >= 0.3 is 0 Å². The highest BCUT2D eigenvalue weighted by molar-refractivity contribution is 5.78. The quantitative estimate of drug-likeness (QED) is 0.590. The molecule has 1 rings (SSSR count). The lowest BCUT2D eigenvalue weighted by Crippen LogP contribution is -2.34. The fourth-order valence-corrected chi connectivity index (χ4v) is 1.01. The average molecular weight is 180 g/mol. The van der Waals surface area contributed by atoms with E-state index in [0.29, 0.717) is 13.1 Å². The summed E-state index contributed by atoms with van der Waals surface area (Å²) in [4.78, 5) is 11.1. The van der Waals surface area contributed by atoms with Gasteiger partial charge in [-0.05, 0) is 32.2 Å². The Bertz CT molecular complexity index is 223. The summed E-state index contributed by atoms with van der Waals surface area (Å²) in [6.45, 7) is 3.62. The summed E-state index contributed by atoms with van der Waals surface area (Å²) in [5.74, 6) is 6.36. The van der Waals surface area contributed by atoms with Crippen LogP contribution in [0.15, 0.2) is 0 Å². The first-order chi connectivity index (χ1) is 6.33. The molecule has 13 heavy (non-hydrogen) atoms. The maximum Gasteiger partial charge on any atom is 0.234 e. The van der Waals surface area contributed by atoms with Crippen LogP contribution in [0.5, 0.6) is 0 Å². The van der Waals surface area contributed by atoms with Crippen molar-refractivity contribution in [2.75, 3.05) is 19.6 Å². The molecule has 0 spiro atoms. The van der Waals surface area contributed by atoms with E-state index in [-0.39, 0.29) is 5.91 Å². The first-order valence-electron chi connectivity index (χ1n) is 4.70. The van der Waals surface area contributed by atoms with Crippen LogP contribution in [0.1, 0.15) is 19.8 Å². The van der Waals surface area contributed by atoms with Crippen molar-refractivity contribution >= 4 is 5.91 Å². The van der Waals surface area contributed by atoms with E-state index in [1.807, 2.05) is 0 Å². The first-order valence-corrected chi connectivity index (χ1v) is 4.70. The van der Waals surface area contributed by atoms with Gasteiger partial charge in [0.15, 0.2) is 0 Å². The molecule has 0 saturated heterocycles. The molecule has 0 aromatic heterocycles. The van der Waals surface area contributed by atoms with Crippen molar-refractivity contribution in [3.63, 3.8) is 0 Å². The minimum atomic E-state index is 0.0309. The summed E-state index contributed by atoms with van der Waals surface area (Å²) in [7, 11) is 0. The lowest BCUT2D eigenvalue weighted by atomic mass is 10.4. The van der Waals surface area contributed by atoms with Gasteiger partial charge in [-0.3, -0.25) is 4.79 Å². The van der Waals surface area contributed by atoms with E-state index < -0.39 is 0 Å². The Morgan fingerprint density at radius 2 is 2.31 bits per heavy atom. The largest absolute Gasteiger partial charge is 0.344 e. The second kappa shape index (κ2) is 5.60. The number of hydrogen-bond acceptors (Lipinski definition) is 2. The van der Waals surface area contributed by atoms with Crippen molar-refractivity contribution in [2.45, 2.75) is 19.8 Å².